The zero-order valence-electron chi connectivity index (χ0n) is 12.9. The molecule has 122 valence electrons. The summed E-state index contributed by atoms with van der Waals surface area (Å²) in [5.74, 6) is 0.528. The first-order chi connectivity index (χ1) is 10.9. The van der Waals surface area contributed by atoms with E-state index in [9.17, 15) is 14.9 Å². The molecule has 1 heterocycles. The number of ether oxygens (including phenoxy) is 1. The van der Waals surface area contributed by atoms with E-state index < -0.39 is 16.9 Å². The summed E-state index contributed by atoms with van der Waals surface area (Å²) in [7, 11) is 0. The Morgan fingerprint density at radius 3 is 2.78 bits per heavy atom. The lowest BCUT2D eigenvalue weighted by Crippen LogP contribution is -2.34. The highest BCUT2D eigenvalue weighted by molar-refractivity contribution is 5.75. The number of aryl methyl sites for hydroxylation is 1. The molecule has 0 amide bonds. The van der Waals surface area contributed by atoms with Gasteiger partial charge in [0.05, 0.1) is 11.5 Å². The first-order valence-electron chi connectivity index (χ1n) is 7.18. The molecule has 1 aromatic carbocycles. The van der Waals surface area contributed by atoms with Crippen LogP contribution in [0.4, 0.5) is 5.69 Å². The van der Waals surface area contributed by atoms with Gasteiger partial charge in [0.1, 0.15) is 17.6 Å². The number of nitrogens with zero attached hydrogens (tertiary/aromatic N) is 1. The van der Waals surface area contributed by atoms with E-state index in [1.165, 1.54) is 12.1 Å². The third-order valence-electron chi connectivity index (χ3n) is 3.37. The van der Waals surface area contributed by atoms with Gasteiger partial charge in [-0.05, 0) is 31.5 Å². The number of carbonyl (C=O) groups is 1. The molecule has 0 bridgehead atoms. The average molecular weight is 318 g/mol. The van der Waals surface area contributed by atoms with E-state index in [1.807, 2.05) is 6.92 Å². The van der Waals surface area contributed by atoms with Crippen LogP contribution in [0.15, 0.2) is 34.7 Å². The normalized spacial score (nSPS) is 12.0. The maximum Gasteiger partial charge on any atom is 0.323 e. The first kappa shape index (κ1) is 16.7. The molecular formula is C16H18N2O5. The van der Waals surface area contributed by atoms with Gasteiger partial charge in [0, 0.05) is 24.1 Å². The number of benzene rings is 1. The van der Waals surface area contributed by atoms with Crippen molar-refractivity contribution in [2.24, 2.45) is 5.73 Å². The highest BCUT2D eigenvalue weighted by Crippen LogP contribution is 2.29. The number of esters is 1. The van der Waals surface area contributed by atoms with Crippen molar-refractivity contribution >= 4 is 11.7 Å². The fraction of sp³-hybridized carbons (Fsp3) is 0.312. The Balaban J connectivity index is 2.21. The molecule has 7 nitrogen and oxygen atoms in total. The molecule has 1 unspecified atom stereocenters. The van der Waals surface area contributed by atoms with Gasteiger partial charge in [-0.3, -0.25) is 14.9 Å². The highest BCUT2D eigenvalue weighted by Gasteiger charge is 2.18. The summed E-state index contributed by atoms with van der Waals surface area (Å²) in [5, 5.41) is 10.9. The molecule has 1 atom stereocenters. The minimum absolute atomic E-state index is 0.00762. The monoisotopic (exact) mass is 318 g/mol. The average Bonchev–Trinajstić information content (AvgIpc) is 2.95. The fourth-order valence-corrected chi connectivity index (χ4v) is 2.17. The van der Waals surface area contributed by atoms with Crippen molar-refractivity contribution in [1.29, 1.82) is 0 Å². The van der Waals surface area contributed by atoms with Gasteiger partial charge in [-0.15, -0.1) is 0 Å². The van der Waals surface area contributed by atoms with Crippen molar-refractivity contribution in [3.63, 3.8) is 0 Å². The van der Waals surface area contributed by atoms with Crippen molar-refractivity contribution < 1.29 is 18.9 Å². The minimum Gasteiger partial charge on any atom is -0.465 e. The van der Waals surface area contributed by atoms with Crippen LogP contribution in [-0.4, -0.2) is 23.5 Å². The van der Waals surface area contributed by atoms with E-state index in [-0.39, 0.29) is 18.7 Å². The smallest absolute Gasteiger partial charge is 0.323 e. The number of nitro groups is 1. The second-order valence-corrected chi connectivity index (χ2v) is 5.08. The molecule has 2 aromatic rings. The van der Waals surface area contributed by atoms with Gasteiger partial charge in [0.2, 0.25) is 0 Å². The van der Waals surface area contributed by atoms with Gasteiger partial charge >= 0.3 is 5.97 Å². The molecule has 0 aliphatic carbocycles. The Bertz CT molecular complexity index is 723. The lowest BCUT2D eigenvalue weighted by molar-refractivity contribution is -0.384. The van der Waals surface area contributed by atoms with Crippen LogP contribution in [0.3, 0.4) is 0 Å². The number of hydrogen-bond donors (Lipinski definition) is 1. The van der Waals surface area contributed by atoms with Crippen LogP contribution in [-0.2, 0) is 16.0 Å². The summed E-state index contributed by atoms with van der Waals surface area (Å²) >= 11 is 0. The van der Waals surface area contributed by atoms with E-state index in [1.54, 1.807) is 25.1 Å². The largest absolute Gasteiger partial charge is 0.465 e. The Morgan fingerprint density at radius 2 is 2.13 bits per heavy atom. The molecule has 7 heteroatoms. The highest BCUT2D eigenvalue weighted by atomic mass is 16.6. The number of hydrogen-bond acceptors (Lipinski definition) is 6. The van der Waals surface area contributed by atoms with Gasteiger partial charge in [-0.2, -0.15) is 0 Å². The maximum atomic E-state index is 11.5. The van der Waals surface area contributed by atoms with Crippen LogP contribution < -0.4 is 5.73 Å². The van der Waals surface area contributed by atoms with Crippen LogP contribution in [0.25, 0.3) is 11.3 Å². The summed E-state index contributed by atoms with van der Waals surface area (Å²) in [6.07, 6.45) is 0.201. The SMILES string of the molecule is CCOC(=O)C(N)Cc1ccc(-c2cc([N+](=O)[O-])ccc2C)o1. The molecule has 0 aliphatic rings. The lowest BCUT2D eigenvalue weighted by Gasteiger charge is -2.08. The topological polar surface area (TPSA) is 109 Å². The van der Waals surface area contributed by atoms with E-state index in [0.29, 0.717) is 17.1 Å². The minimum atomic E-state index is -0.805. The van der Waals surface area contributed by atoms with Crippen LogP contribution >= 0.6 is 0 Å². The Hall–Kier alpha value is -2.67. The third-order valence-corrected chi connectivity index (χ3v) is 3.37. The van der Waals surface area contributed by atoms with Crippen molar-refractivity contribution in [3.8, 4) is 11.3 Å². The standard InChI is InChI=1S/C16H18N2O5/c1-3-22-16(19)14(17)9-12-6-7-15(23-12)13-8-11(18(20)21)5-4-10(13)2/h4-8,14H,3,9,17H2,1-2H3. The molecule has 0 saturated heterocycles. The summed E-state index contributed by atoms with van der Waals surface area (Å²) in [6.45, 7) is 3.81. The number of furan rings is 1. The molecule has 0 saturated carbocycles. The molecule has 23 heavy (non-hydrogen) atoms. The van der Waals surface area contributed by atoms with E-state index in [2.05, 4.69) is 0 Å². The van der Waals surface area contributed by atoms with E-state index >= 15 is 0 Å². The second kappa shape index (κ2) is 7.06. The van der Waals surface area contributed by atoms with Gasteiger partial charge in [-0.1, -0.05) is 6.07 Å². The van der Waals surface area contributed by atoms with E-state index in [4.69, 9.17) is 14.9 Å². The predicted molar refractivity (Wildman–Crippen MR) is 83.8 cm³/mol. The second-order valence-electron chi connectivity index (χ2n) is 5.08. The number of nitro benzene ring substituents is 1. The van der Waals surface area contributed by atoms with Crippen LogP contribution in [0.2, 0.25) is 0 Å². The van der Waals surface area contributed by atoms with Gasteiger partial charge in [0.15, 0.2) is 0 Å². The Kier molecular flexibility index (Phi) is 5.13. The number of carbonyl (C=O) groups excluding carboxylic acids is 1. The molecule has 0 radical (unpaired) electrons. The van der Waals surface area contributed by atoms with Crippen molar-refractivity contribution in [1.82, 2.24) is 0 Å². The summed E-state index contributed by atoms with van der Waals surface area (Å²) in [6, 6.07) is 7.18. The summed E-state index contributed by atoms with van der Waals surface area (Å²) < 4.78 is 10.5. The van der Waals surface area contributed by atoms with Gasteiger partial charge in [0.25, 0.3) is 5.69 Å². The zero-order valence-corrected chi connectivity index (χ0v) is 12.9. The maximum absolute atomic E-state index is 11.5. The van der Waals surface area contributed by atoms with Crippen LogP contribution in [0.1, 0.15) is 18.2 Å². The van der Waals surface area contributed by atoms with Gasteiger partial charge < -0.3 is 14.9 Å². The molecule has 1 aromatic heterocycles. The molecule has 0 aliphatic heterocycles. The molecule has 0 spiro atoms. The van der Waals surface area contributed by atoms with Crippen LogP contribution in [0.5, 0.6) is 0 Å². The fourth-order valence-electron chi connectivity index (χ4n) is 2.17. The Labute approximate surface area is 133 Å². The summed E-state index contributed by atoms with van der Waals surface area (Å²) in [5.41, 5.74) is 7.23. The first-order valence-corrected chi connectivity index (χ1v) is 7.18. The quantitative estimate of drug-likeness (QED) is 0.498. The molecular weight excluding hydrogens is 300 g/mol. The lowest BCUT2D eigenvalue weighted by atomic mass is 10.1. The van der Waals surface area contributed by atoms with Gasteiger partial charge in [-0.25, -0.2) is 0 Å². The van der Waals surface area contributed by atoms with Crippen molar-refractivity contribution in [3.05, 3.63) is 51.8 Å². The Morgan fingerprint density at radius 1 is 1.39 bits per heavy atom. The third kappa shape index (κ3) is 3.95. The van der Waals surface area contributed by atoms with E-state index in [0.717, 1.165) is 5.56 Å². The summed E-state index contributed by atoms with van der Waals surface area (Å²) in [4.78, 5) is 22.0. The predicted octanol–water partition coefficient (Wildman–Crippen LogP) is 2.60. The van der Waals surface area contributed by atoms with Crippen LogP contribution in [0, 0.1) is 17.0 Å². The molecule has 0 fully saturated rings. The molecule has 2 N–H and O–H groups in total. The number of non-ortho nitro benzene ring substituents is 1. The number of rotatable bonds is 6. The van der Waals surface area contributed by atoms with Crippen molar-refractivity contribution in [2.45, 2.75) is 26.3 Å². The van der Waals surface area contributed by atoms with Crippen molar-refractivity contribution in [2.75, 3.05) is 6.61 Å². The zero-order chi connectivity index (χ0) is 17.0. The number of nitrogens with two attached hydrogens (primary N) is 1. The molecule has 2 rings (SSSR count).